The van der Waals surface area contributed by atoms with Crippen molar-refractivity contribution in [1.29, 1.82) is 0 Å². The molecule has 0 aromatic heterocycles. The maximum atomic E-state index is 9.94. The second-order valence-corrected chi connectivity index (χ2v) is 0.939. The van der Waals surface area contributed by atoms with Gasteiger partial charge in [0.15, 0.2) is 6.61 Å². The first-order chi connectivity index (χ1) is 2.89. The fourth-order valence-electron chi connectivity index (χ4n) is 0.231. The second-order valence-electron chi connectivity index (χ2n) is 0.939. The van der Waals surface area contributed by atoms with Gasteiger partial charge in [0.25, 0.3) is 0 Å². The van der Waals surface area contributed by atoms with E-state index >= 15 is 0 Å². The Hall–Kier alpha value is -0.970. The third-order valence-corrected chi connectivity index (χ3v) is 0.466. The van der Waals surface area contributed by atoms with Crippen molar-refractivity contribution >= 4 is 5.78 Å². The Morgan fingerprint density at radius 2 is 2.67 bits per heavy atom. The first-order valence-corrected chi connectivity index (χ1v) is 1.55. The zero-order valence-electron chi connectivity index (χ0n) is 3.02. The molecule has 0 bridgehead atoms. The largest absolute Gasteiger partial charge is 0.437 e. The highest BCUT2D eigenvalue weighted by atomic mass is 16.5. The summed E-state index contributed by atoms with van der Waals surface area (Å²) in [5, 5.41) is 0. The van der Waals surface area contributed by atoms with Crippen LogP contribution in [0.5, 0.6) is 0 Å². The predicted octanol–water partition coefficient (Wildman–Crippen LogP) is -0.453. The molecule has 0 unspecified atom stereocenters. The van der Waals surface area contributed by atoms with Crippen LogP contribution in [0, 0.1) is 12.0 Å². The molecule has 0 amide bonds. The van der Waals surface area contributed by atoms with Crippen molar-refractivity contribution in [3.63, 3.8) is 0 Å². The lowest BCUT2D eigenvalue weighted by Gasteiger charge is -1.75. The summed E-state index contributed by atoms with van der Waals surface area (Å²) in [5.74, 6) is 2.08. The van der Waals surface area contributed by atoms with E-state index in [1.807, 2.05) is 0 Å². The Morgan fingerprint density at radius 1 is 1.83 bits per heavy atom. The lowest BCUT2D eigenvalue weighted by Crippen LogP contribution is -1.93. The van der Waals surface area contributed by atoms with E-state index in [9.17, 15) is 4.79 Å². The molecule has 0 N–H and O–H groups in total. The molecule has 2 nitrogen and oxygen atoms in total. The average Bonchev–Trinajstić information content (AvgIpc) is 1.86. The summed E-state index contributed by atoms with van der Waals surface area (Å²) in [4.78, 5) is 9.94. The van der Waals surface area contributed by atoms with Gasteiger partial charge >= 0.3 is 0 Å². The molecule has 0 fully saturated rings. The molecule has 6 heavy (non-hydrogen) atoms. The van der Waals surface area contributed by atoms with Gasteiger partial charge in [0.1, 0.15) is 6.11 Å². The number of Topliss-reactive ketones (excluding diaryl/α,β-unsaturated/α-hetero) is 1. The predicted molar refractivity (Wildman–Crippen MR) is 18.7 cm³/mol. The van der Waals surface area contributed by atoms with E-state index in [0.717, 1.165) is 0 Å². The van der Waals surface area contributed by atoms with E-state index in [2.05, 4.69) is 16.8 Å². The second kappa shape index (κ2) is 1.02. The molecular formula is C4H2O2. The standard InChI is InChI=1S/C4H2O2/c5-4-1-2-6-3-4/h3H2. The minimum Gasteiger partial charge on any atom is -0.437 e. The van der Waals surface area contributed by atoms with Gasteiger partial charge in [-0.2, -0.15) is 0 Å². The van der Waals surface area contributed by atoms with E-state index < -0.39 is 0 Å². The highest BCUT2D eigenvalue weighted by Gasteiger charge is 1.99. The van der Waals surface area contributed by atoms with Gasteiger partial charge in [-0.3, -0.25) is 4.79 Å². The maximum absolute atomic E-state index is 9.94. The van der Waals surface area contributed by atoms with Crippen LogP contribution in [0.3, 0.4) is 0 Å². The quantitative estimate of drug-likeness (QED) is 0.370. The topological polar surface area (TPSA) is 26.3 Å². The molecule has 30 valence electrons. The van der Waals surface area contributed by atoms with Gasteiger partial charge < -0.3 is 4.74 Å². The zero-order valence-corrected chi connectivity index (χ0v) is 3.02. The van der Waals surface area contributed by atoms with Crippen LogP contribution in [0.4, 0.5) is 0 Å². The Labute approximate surface area is 35.1 Å². The Bertz CT molecular complexity index is 126. The van der Waals surface area contributed by atoms with Crippen LogP contribution in [-0.2, 0) is 9.53 Å². The van der Waals surface area contributed by atoms with Crippen LogP contribution in [0.1, 0.15) is 0 Å². The van der Waals surface area contributed by atoms with E-state index in [4.69, 9.17) is 0 Å². The number of ether oxygens (including phenoxy) is 1. The lowest BCUT2D eigenvalue weighted by molar-refractivity contribution is -0.115. The molecule has 0 aromatic carbocycles. The summed E-state index contributed by atoms with van der Waals surface area (Å²) in [5.41, 5.74) is 0. The average molecular weight is 82.1 g/mol. The number of hydrogen-bond acceptors (Lipinski definition) is 2. The van der Waals surface area contributed by atoms with Crippen LogP contribution in [0.25, 0.3) is 0 Å². The number of hydrogen-bond donors (Lipinski definition) is 0. The lowest BCUT2D eigenvalue weighted by atomic mass is 10.5. The van der Waals surface area contributed by atoms with Gasteiger partial charge in [-0.15, -0.1) is 0 Å². The number of carbonyl (C=O) groups is 1. The van der Waals surface area contributed by atoms with Crippen LogP contribution in [-0.4, -0.2) is 12.4 Å². The van der Waals surface area contributed by atoms with Crippen molar-refractivity contribution in [2.75, 3.05) is 6.61 Å². The van der Waals surface area contributed by atoms with E-state index in [1.54, 1.807) is 0 Å². The third kappa shape index (κ3) is 0.343. The summed E-state index contributed by atoms with van der Waals surface area (Å²) in [6, 6.07) is 0. The molecule has 1 heterocycles. The van der Waals surface area contributed by atoms with Crippen molar-refractivity contribution in [1.82, 2.24) is 0 Å². The molecule has 1 aliphatic rings. The van der Waals surface area contributed by atoms with Crippen molar-refractivity contribution in [3.8, 4) is 12.0 Å². The molecule has 1 aliphatic heterocycles. The summed E-state index contributed by atoms with van der Waals surface area (Å²) >= 11 is 0. The highest BCUT2D eigenvalue weighted by Crippen LogP contribution is 1.79. The number of ketones is 1. The zero-order chi connectivity index (χ0) is 4.41. The Morgan fingerprint density at radius 3 is 2.83 bits per heavy atom. The van der Waals surface area contributed by atoms with E-state index in [1.165, 1.54) is 0 Å². The molecule has 0 aromatic rings. The van der Waals surface area contributed by atoms with Gasteiger partial charge in [0.05, 0.1) is 0 Å². The van der Waals surface area contributed by atoms with Crippen molar-refractivity contribution < 1.29 is 9.53 Å². The summed E-state index contributed by atoms with van der Waals surface area (Å²) < 4.78 is 4.35. The minimum atomic E-state index is -0.130. The molecule has 0 radical (unpaired) electrons. The Kier molecular flexibility index (Phi) is 0.548. The molecule has 0 aliphatic carbocycles. The summed E-state index contributed by atoms with van der Waals surface area (Å²) in [6.07, 6.45) is 2.17. The molecule has 2 heteroatoms. The van der Waals surface area contributed by atoms with E-state index in [-0.39, 0.29) is 12.4 Å². The van der Waals surface area contributed by atoms with Crippen molar-refractivity contribution in [2.24, 2.45) is 0 Å². The molecule has 0 spiro atoms. The van der Waals surface area contributed by atoms with Gasteiger partial charge in [-0.1, -0.05) is 0 Å². The van der Waals surface area contributed by atoms with Gasteiger partial charge in [0, 0.05) is 5.92 Å². The van der Waals surface area contributed by atoms with Gasteiger partial charge in [0.2, 0.25) is 5.78 Å². The van der Waals surface area contributed by atoms with Crippen LogP contribution in [0.15, 0.2) is 0 Å². The fourth-order valence-corrected chi connectivity index (χ4v) is 0.231. The molecule has 0 atom stereocenters. The van der Waals surface area contributed by atoms with Crippen molar-refractivity contribution in [2.45, 2.75) is 0 Å². The number of carbonyl (C=O) groups excluding carboxylic acids is 1. The van der Waals surface area contributed by atoms with Crippen LogP contribution < -0.4 is 0 Å². The highest BCUT2D eigenvalue weighted by molar-refractivity contribution is 5.97. The first kappa shape index (κ1) is 3.23. The number of rotatable bonds is 0. The smallest absolute Gasteiger partial charge is 0.247 e. The van der Waals surface area contributed by atoms with E-state index in [0.29, 0.717) is 0 Å². The summed E-state index contributed by atoms with van der Waals surface area (Å²) in [7, 11) is 0. The molecule has 1 rings (SSSR count). The maximum Gasteiger partial charge on any atom is 0.247 e. The molecule has 0 saturated heterocycles. The Balaban J connectivity index is 2.68. The van der Waals surface area contributed by atoms with Gasteiger partial charge in [-0.25, -0.2) is 0 Å². The van der Waals surface area contributed by atoms with Crippen LogP contribution >= 0.6 is 0 Å². The minimum absolute atomic E-state index is 0.125. The van der Waals surface area contributed by atoms with Crippen molar-refractivity contribution in [3.05, 3.63) is 0 Å². The molecule has 0 saturated carbocycles. The summed E-state index contributed by atoms with van der Waals surface area (Å²) in [6.45, 7) is 0.125. The SMILES string of the molecule is O=C1C#COC1. The normalized spacial score (nSPS) is 15.7. The van der Waals surface area contributed by atoms with Crippen LogP contribution in [0.2, 0.25) is 0 Å². The first-order valence-electron chi connectivity index (χ1n) is 1.55. The molecular weight excluding hydrogens is 80.0 g/mol. The fraction of sp³-hybridized carbons (Fsp3) is 0.250. The monoisotopic (exact) mass is 82.0 g/mol. The third-order valence-electron chi connectivity index (χ3n) is 0.466. The van der Waals surface area contributed by atoms with Gasteiger partial charge in [-0.05, 0) is 0 Å².